The average Bonchev–Trinajstić information content (AvgIpc) is 3.37. The first-order valence-corrected chi connectivity index (χ1v) is 10.6. The lowest BCUT2D eigenvalue weighted by atomic mass is 10.1. The van der Waals surface area contributed by atoms with Gasteiger partial charge in [-0.05, 0) is 42.0 Å². The van der Waals surface area contributed by atoms with Gasteiger partial charge in [0.15, 0.2) is 5.82 Å². The van der Waals surface area contributed by atoms with Crippen molar-refractivity contribution < 1.29 is 9.53 Å². The van der Waals surface area contributed by atoms with Gasteiger partial charge in [-0.2, -0.15) is 0 Å². The van der Waals surface area contributed by atoms with E-state index in [0.29, 0.717) is 17.2 Å². The first kappa shape index (κ1) is 18.8. The second kappa shape index (κ2) is 7.59. The fourth-order valence-corrected chi connectivity index (χ4v) is 5.01. The third-order valence-corrected chi connectivity index (χ3v) is 6.56. The molecule has 150 valence electrons. The highest BCUT2D eigenvalue weighted by Gasteiger charge is 2.23. The summed E-state index contributed by atoms with van der Waals surface area (Å²) in [7, 11) is 1.62. The molecule has 0 radical (unpaired) electrons. The van der Waals surface area contributed by atoms with E-state index in [1.165, 1.54) is 5.56 Å². The van der Waals surface area contributed by atoms with Crippen molar-refractivity contribution in [2.75, 3.05) is 13.7 Å². The summed E-state index contributed by atoms with van der Waals surface area (Å²) >= 11 is 8.03. The maximum absolute atomic E-state index is 12.0. The molecule has 3 heterocycles. The quantitative estimate of drug-likeness (QED) is 0.509. The second-order valence-corrected chi connectivity index (χ2v) is 8.29. The first-order valence-electron chi connectivity index (χ1n) is 9.43. The topological polar surface area (TPSA) is 69.0 Å². The van der Waals surface area contributed by atoms with Crippen LogP contribution < -0.4 is 10.1 Å². The summed E-state index contributed by atoms with van der Waals surface area (Å²) in [6.45, 7) is 0.546. The van der Waals surface area contributed by atoms with Crippen LogP contribution in [0.1, 0.15) is 15.9 Å². The molecule has 0 unspecified atom stereocenters. The number of nitrogens with one attached hydrogen (secondary N) is 1. The zero-order chi connectivity index (χ0) is 20.7. The lowest BCUT2D eigenvalue weighted by Gasteiger charge is -2.09. The fourth-order valence-electron chi connectivity index (χ4n) is 3.56. The first-order chi connectivity index (χ1) is 14.7. The predicted molar refractivity (Wildman–Crippen MR) is 118 cm³/mol. The summed E-state index contributed by atoms with van der Waals surface area (Å²) in [4.78, 5) is 14.1. The number of amides is 1. The van der Waals surface area contributed by atoms with E-state index < -0.39 is 0 Å². The van der Waals surface area contributed by atoms with Gasteiger partial charge in [-0.1, -0.05) is 23.7 Å². The number of hydrogen-bond donors (Lipinski definition) is 1. The van der Waals surface area contributed by atoms with E-state index in [4.69, 9.17) is 16.3 Å². The Morgan fingerprint density at radius 1 is 1.23 bits per heavy atom. The molecule has 0 fully saturated rings. The van der Waals surface area contributed by atoms with Crippen molar-refractivity contribution in [3.05, 3.63) is 71.0 Å². The molecular formula is C22H17ClN4O2S. The zero-order valence-electron chi connectivity index (χ0n) is 16.1. The van der Waals surface area contributed by atoms with Crippen LogP contribution in [0, 0.1) is 0 Å². The van der Waals surface area contributed by atoms with Crippen molar-refractivity contribution in [2.45, 2.75) is 6.42 Å². The van der Waals surface area contributed by atoms with Gasteiger partial charge in [0.05, 0.1) is 22.2 Å². The number of carbonyl (C=O) groups is 1. The Morgan fingerprint density at radius 2 is 2.10 bits per heavy atom. The number of halogens is 1. The van der Waals surface area contributed by atoms with Crippen molar-refractivity contribution in [1.29, 1.82) is 0 Å². The average molecular weight is 437 g/mol. The molecule has 2 aromatic heterocycles. The molecule has 4 aromatic rings. The minimum Gasteiger partial charge on any atom is -0.493 e. The highest BCUT2D eigenvalue weighted by atomic mass is 35.5. The molecule has 0 saturated carbocycles. The van der Waals surface area contributed by atoms with E-state index in [1.54, 1.807) is 30.8 Å². The Balaban J connectivity index is 1.60. The summed E-state index contributed by atoms with van der Waals surface area (Å²) in [5, 5.41) is 11.8. The molecule has 1 aliphatic rings. The lowest BCUT2D eigenvalue weighted by molar-refractivity contribution is 0.0962. The van der Waals surface area contributed by atoms with Crippen LogP contribution in [0.5, 0.6) is 5.75 Å². The van der Waals surface area contributed by atoms with Crippen molar-refractivity contribution in [3.63, 3.8) is 0 Å². The van der Waals surface area contributed by atoms with Gasteiger partial charge >= 0.3 is 0 Å². The van der Waals surface area contributed by atoms with E-state index in [1.807, 2.05) is 41.0 Å². The third-order valence-electron chi connectivity index (χ3n) is 5.03. The van der Waals surface area contributed by atoms with Gasteiger partial charge in [-0.3, -0.25) is 9.36 Å². The molecular weight excluding hydrogens is 420 g/mol. The summed E-state index contributed by atoms with van der Waals surface area (Å²) in [6, 6.07) is 15.3. The van der Waals surface area contributed by atoms with E-state index in [2.05, 4.69) is 21.6 Å². The van der Waals surface area contributed by atoms with Gasteiger partial charge in [-0.15, -0.1) is 21.5 Å². The van der Waals surface area contributed by atoms with Gasteiger partial charge in [-0.25, -0.2) is 0 Å². The lowest BCUT2D eigenvalue weighted by Crippen LogP contribution is -2.17. The largest absolute Gasteiger partial charge is 0.493 e. The normalized spacial score (nSPS) is 12.5. The number of ether oxygens (including phenoxy) is 1. The Hall–Kier alpha value is -3.16. The van der Waals surface area contributed by atoms with Crippen molar-refractivity contribution in [1.82, 2.24) is 20.1 Å². The highest BCUT2D eigenvalue weighted by molar-refractivity contribution is 7.19. The minimum absolute atomic E-state index is 0.134. The number of carbonyl (C=O) groups excluding carboxylic acids is 1. The molecule has 1 N–H and O–H groups in total. The Labute approximate surface area is 182 Å². The van der Waals surface area contributed by atoms with Gasteiger partial charge in [0.1, 0.15) is 12.1 Å². The van der Waals surface area contributed by atoms with Crippen LogP contribution in [0.25, 0.3) is 26.8 Å². The molecule has 1 amide bonds. The van der Waals surface area contributed by atoms with E-state index >= 15 is 0 Å². The van der Waals surface area contributed by atoms with Crippen molar-refractivity contribution in [2.24, 2.45) is 0 Å². The molecule has 2 aromatic carbocycles. The smallest absolute Gasteiger partial charge is 0.251 e. The van der Waals surface area contributed by atoms with Gasteiger partial charge in [0.25, 0.3) is 5.91 Å². The summed E-state index contributed by atoms with van der Waals surface area (Å²) in [6.07, 6.45) is 2.45. The van der Waals surface area contributed by atoms with Gasteiger partial charge in [0, 0.05) is 29.5 Å². The van der Waals surface area contributed by atoms with E-state index in [-0.39, 0.29) is 5.91 Å². The number of nitrogens with zero attached hydrogens (tertiary/aromatic N) is 3. The van der Waals surface area contributed by atoms with Crippen molar-refractivity contribution in [3.8, 4) is 32.6 Å². The molecule has 0 spiro atoms. The molecule has 0 bridgehead atoms. The molecule has 0 aliphatic carbocycles. The van der Waals surface area contributed by atoms with Gasteiger partial charge < -0.3 is 10.1 Å². The summed E-state index contributed by atoms with van der Waals surface area (Å²) in [5.74, 6) is 1.33. The number of para-hydroxylation sites is 1. The third kappa shape index (κ3) is 3.16. The summed E-state index contributed by atoms with van der Waals surface area (Å²) < 4.78 is 7.84. The predicted octanol–water partition coefficient (Wildman–Crippen LogP) is 4.61. The Morgan fingerprint density at radius 3 is 2.93 bits per heavy atom. The SMILES string of the molecule is CNC(=O)c1ccc2c(c1)OCCc1cc(-c3nncn3-c3ccccc3Cl)sc1-2. The summed E-state index contributed by atoms with van der Waals surface area (Å²) in [5.41, 5.74) is 3.59. The molecule has 0 atom stereocenters. The Bertz CT molecular complexity index is 1260. The molecule has 8 heteroatoms. The number of hydrogen-bond acceptors (Lipinski definition) is 5. The van der Waals surface area contributed by atoms with Crippen molar-refractivity contribution >= 4 is 28.8 Å². The monoisotopic (exact) mass is 436 g/mol. The minimum atomic E-state index is -0.134. The van der Waals surface area contributed by atoms with Crippen LogP contribution in [0.15, 0.2) is 54.9 Å². The Kier molecular flexibility index (Phi) is 4.77. The molecule has 0 saturated heterocycles. The number of rotatable bonds is 3. The number of aromatic nitrogens is 3. The molecule has 30 heavy (non-hydrogen) atoms. The maximum atomic E-state index is 12.0. The standard InChI is InChI=1S/C22H17ClN4O2S/c1-24-22(28)14-6-7-15-18(10-14)29-9-8-13-11-19(30-20(13)15)21-26-25-12-27(21)17-5-3-2-4-16(17)23/h2-7,10-12H,8-9H2,1H3,(H,24,28). The van der Waals surface area contributed by atoms with Crippen LogP contribution in [0.4, 0.5) is 0 Å². The van der Waals surface area contributed by atoms with E-state index in [9.17, 15) is 4.79 Å². The van der Waals surface area contributed by atoms with Crippen LogP contribution in [-0.4, -0.2) is 34.3 Å². The fraction of sp³-hybridized carbons (Fsp3) is 0.136. The number of thiophene rings is 1. The zero-order valence-corrected chi connectivity index (χ0v) is 17.6. The van der Waals surface area contributed by atoms with Crippen LogP contribution >= 0.6 is 22.9 Å². The molecule has 5 rings (SSSR count). The van der Waals surface area contributed by atoms with E-state index in [0.717, 1.165) is 39.0 Å². The van der Waals surface area contributed by atoms with Crippen LogP contribution in [0.2, 0.25) is 5.02 Å². The highest BCUT2D eigenvalue weighted by Crippen LogP contribution is 2.44. The molecule has 1 aliphatic heterocycles. The van der Waals surface area contributed by atoms with Crippen LogP contribution in [0.3, 0.4) is 0 Å². The molecule has 6 nitrogen and oxygen atoms in total. The number of benzene rings is 2. The number of fused-ring (bicyclic) bond motifs is 3. The maximum Gasteiger partial charge on any atom is 0.251 e. The second-order valence-electron chi connectivity index (χ2n) is 6.83. The van der Waals surface area contributed by atoms with Crippen LogP contribution in [-0.2, 0) is 6.42 Å². The van der Waals surface area contributed by atoms with Gasteiger partial charge in [0.2, 0.25) is 0 Å².